The van der Waals surface area contributed by atoms with Gasteiger partial charge in [0.1, 0.15) is 5.65 Å². The van der Waals surface area contributed by atoms with Gasteiger partial charge in [0.2, 0.25) is 0 Å². The van der Waals surface area contributed by atoms with E-state index < -0.39 is 0 Å². The van der Waals surface area contributed by atoms with E-state index >= 15 is 0 Å². The molecule has 1 aliphatic heterocycles. The number of anilines is 1. The highest BCUT2D eigenvalue weighted by Gasteiger charge is 2.12. The predicted molar refractivity (Wildman–Crippen MR) is 84.6 cm³/mol. The molecule has 4 heteroatoms. The summed E-state index contributed by atoms with van der Waals surface area (Å²) in [5, 5.41) is 1.14. The lowest BCUT2D eigenvalue weighted by atomic mass is 10.1. The van der Waals surface area contributed by atoms with Crippen LogP contribution in [0.1, 0.15) is 0 Å². The van der Waals surface area contributed by atoms with E-state index in [1.807, 2.05) is 12.4 Å². The minimum atomic E-state index is 0.807. The average molecular weight is 279 g/mol. The van der Waals surface area contributed by atoms with E-state index in [2.05, 4.69) is 51.3 Å². The van der Waals surface area contributed by atoms with Crippen molar-refractivity contribution in [2.45, 2.75) is 0 Å². The summed E-state index contributed by atoms with van der Waals surface area (Å²) in [5.74, 6) is 0. The van der Waals surface area contributed by atoms with Crippen molar-refractivity contribution in [3.63, 3.8) is 0 Å². The highest BCUT2D eigenvalue weighted by atomic mass is 16.5. The van der Waals surface area contributed by atoms with E-state index in [0.717, 1.165) is 42.9 Å². The summed E-state index contributed by atoms with van der Waals surface area (Å²) in [4.78, 5) is 9.97. The topological polar surface area (TPSA) is 41.2 Å². The van der Waals surface area contributed by atoms with Crippen molar-refractivity contribution in [1.82, 2.24) is 9.97 Å². The molecule has 0 unspecified atom stereocenters. The summed E-state index contributed by atoms with van der Waals surface area (Å²) < 4.78 is 5.42. The number of hydrogen-bond acceptors (Lipinski definition) is 3. The van der Waals surface area contributed by atoms with E-state index in [1.165, 1.54) is 11.3 Å². The largest absolute Gasteiger partial charge is 0.378 e. The van der Waals surface area contributed by atoms with Crippen molar-refractivity contribution < 1.29 is 4.74 Å². The Morgan fingerprint density at radius 1 is 1.05 bits per heavy atom. The van der Waals surface area contributed by atoms with E-state index in [0.29, 0.717) is 0 Å². The summed E-state index contributed by atoms with van der Waals surface area (Å²) in [6.45, 7) is 3.53. The first-order valence-electron chi connectivity index (χ1n) is 7.26. The first-order chi connectivity index (χ1) is 10.4. The highest BCUT2D eigenvalue weighted by molar-refractivity contribution is 5.82. The van der Waals surface area contributed by atoms with Gasteiger partial charge in [-0.15, -0.1) is 0 Å². The van der Waals surface area contributed by atoms with Crippen LogP contribution >= 0.6 is 0 Å². The number of nitrogens with one attached hydrogen (secondary N) is 1. The molecule has 21 heavy (non-hydrogen) atoms. The second-order valence-electron chi connectivity index (χ2n) is 5.29. The molecule has 0 atom stereocenters. The van der Waals surface area contributed by atoms with Crippen molar-refractivity contribution in [2.24, 2.45) is 0 Å². The van der Waals surface area contributed by atoms with Crippen LogP contribution in [0.4, 0.5) is 5.69 Å². The van der Waals surface area contributed by atoms with Crippen LogP contribution in [0.5, 0.6) is 0 Å². The fourth-order valence-corrected chi connectivity index (χ4v) is 2.80. The molecule has 0 spiro atoms. The summed E-state index contributed by atoms with van der Waals surface area (Å²) >= 11 is 0. The third kappa shape index (κ3) is 2.38. The number of benzene rings is 1. The van der Waals surface area contributed by atoms with Gasteiger partial charge in [-0.1, -0.05) is 12.1 Å². The summed E-state index contributed by atoms with van der Waals surface area (Å²) in [6, 6.07) is 12.9. The Kier molecular flexibility index (Phi) is 3.09. The van der Waals surface area contributed by atoms with Crippen LogP contribution in [0, 0.1) is 0 Å². The molecule has 106 valence electrons. The minimum Gasteiger partial charge on any atom is -0.378 e. The number of aromatic amines is 1. The van der Waals surface area contributed by atoms with E-state index in [9.17, 15) is 0 Å². The molecule has 0 aliphatic carbocycles. The molecule has 1 aromatic carbocycles. The number of pyridine rings is 1. The van der Waals surface area contributed by atoms with E-state index in [-0.39, 0.29) is 0 Å². The summed E-state index contributed by atoms with van der Waals surface area (Å²) in [5.41, 5.74) is 4.54. The van der Waals surface area contributed by atoms with Gasteiger partial charge in [0.25, 0.3) is 0 Å². The van der Waals surface area contributed by atoms with Gasteiger partial charge in [-0.05, 0) is 29.8 Å². The van der Waals surface area contributed by atoms with Gasteiger partial charge in [0.15, 0.2) is 0 Å². The van der Waals surface area contributed by atoms with Crippen LogP contribution in [0.15, 0.2) is 48.8 Å². The Bertz CT molecular complexity index is 759. The van der Waals surface area contributed by atoms with Gasteiger partial charge >= 0.3 is 0 Å². The van der Waals surface area contributed by atoms with Crippen molar-refractivity contribution >= 4 is 16.7 Å². The minimum absolute atomic E-state index is 0.807. The lowest BCUT2D eigenvalue weighted by Gasteiger charge is -2.29. The second-order valence-corrected chi connectivity index (χ2v) is 5.29. The van der Waals surface area contributed by atoms with Crippen molar-refractivity contribution in [3.8, 4) is 11.1 Å². The van der Waals surface area contributed by atoms with Crippen molar-refractivity contribution in [3.05, 3.63) is 48.8 Å². The van der Waals surface area contributed by atoms with Crippen LogP contribution < -0.4 is 4.90 Å². The number of ether oxygens (including phenoxy) is 1. The van der Waals surface area contributed by atoms with E-state index in [4.69, 9.17) is 4.74 Å². The average Bonchev–Trinajstić information content (AvgIpc) is 3.03. The monoisotopic (exact) mass is 279 g/mol. The van der Waals surface area contributed by atoms with Crippen LogP contribution in [-0.2, 0) is 4.74 Å². The molecule has 1 fully saturated rings. The maximum atomic E-state index is 5.42. The fraction of sp³-hybridized carbons (Fsp3) is 0.235. The van der Waals surface area contributed by atoms with Crippen molar-refractivity contribution in [2.75, 3.05) is 31.2 Å². The number of morpholine rings is 1. The maximum absolute atomic E-state index is 5.42. The number of fused-ring (bicyclic) bond motifs is 1. The van der Waals surface area contributed by atoms with Crippen LogP contribution in [0.3, 0.4) is 0 Å². The molecule has 3 aromatic rings. The van der Waals surface area contributed by atoms with Gasteiger partial charge in [0, 0.05) is 42.1 Å². The molecule has 0 amide bonds. The zero-order valence-corrected chi connectivity index (χ0v) is 11.7. The van der Waals surface area contributed by atoms with Gasteiger partial charge < -0.3 is 14.6 Å². The molecule has 0 radical (unpaired) electrons. The quantitative estimate of drug-likeness (QED) is 0.784. The molecular formula is C17H17N3O. The Labute approximate surface area is 123 Å². The molecule has 4 nitrogen and oxygen atoms in total. The first-order valence-corrected chi connectivity index (χ1v) is 7.26. The molecule has 0 saturated carbocycles. The molecule has 1 aliphatic rings. The number of rotatable bonds is 2. The van der Waals surface area contributed by atoms with Crippen LogP contribution in [0.2, 0.25) is 0 Å². The molecule has 1 saturated heterocycles. The maximum Gasteiger partial charge on any atom is 0.137 e. The first kappa shape index (κ1) is 12.4. The van der Waals surface area contributed by atoms with Gasteiger partial charge in [-0.25, -0.2) is 4.98 Å². The third-order valence-electron chi connectivity index (χ3n) is 3.96. The zero-order valence-electron chi connectivity index (χ0n) is 11.7. The Morgan fingerprint density at radius 3 is 2.86 bits per heavy atom. The molecule has 1 N–H and O–H groups in total. The standard InChI is InChI=1S/C17H17N3O/c1-2-13(11-16(3-1)20-6-8-21-9-7-20)15-10-14-4-5-18-17(14)19-12-15/h1-5,10-12H,6-9H2,(H,18,19). The van der Waals surface area contributed by atoms with Gasteiger partial charge in [-0.3, -0.25) is 0 Å². The Balaban J connectivity index is 1.70. The second kappa shape index (κ2) is 5.22. The number of nitrogens with zero attached hydrogens (tertiary/aromatic N) is 2. The summed E-state index contributed by atoms with van der Waals surface area (Å²) in [6.07, 6.45) is 3.85. The lowest BCUT2D eigenvalue weighted by molar-refractivity contribution is 0.122. The molecule has 0 bridgehead atoms. The third-order valence-corrected chi connectivity index (χ3v) is 3.96. The highest BCUT2D eigenvalue weighted by Crippen LogP contribution is 2.26. The van der Waals surface area contributed by atoms with Crippen LogP contribution in [0.25, 0.3) is 22.2 Å². The fourth-order valence-electron chi connectivity index (χ4n) is 2.80. The smallest absolute Gasteiger partial charge is 0.137 e. The normalized spacial score (nSPS) is 15.5. The number of aromatic nitrogens is 2. The number of H-pyrrole nitrogens is 1. The number of hydrogen-bond donors (Lipinski definition) is 1. The summed E-state index contributed by atoms with van der Waals surface area (Å²) in [7, 11) is 0. The Morgan fingerprint density at radius 2 is 1.95 bits per heavy atom. The molecule has 2 aromatic heterocycles. The van der Waals surface area contributed by atoms with Gasteiger partial charge in [-0.2, -0.15) is 0 Å². The Hall–Kier alpha value is -2.33. The lowest BCUT2D eigenvalue weighted by Crippen LogP contribution is -2.36. The molecule has 3 heterocycles. The zero-order chi connectivity index (χ0) is 14.1. The molecule has 4 rings (SSSR count). The van der Waals surface area contributed by atoms with Gasteiger partial charge in [0.05, 0.1) is 13.2 Å². The predicted octanol–water partition coefficient (Wildman–Crippen LogP) is 3.07. The SMILES string of the molecule is c1cc(-c2cnc3[nH]ccc3c2)cc(N2CCOCC2)c1. The van der Waals surface area contributed by atoms with E-state index in [1.54, 1.807) is 0 Å². The van der Waals surface area contributed by atoms with Crippen LogP contribution in [-0.4, -0.2) is 36.3 Å². The molecular weight excluding hydrogens is 262 g/mol. The van der Waals surface area contributed by atoms with Crippen molar-refractivity contribution in [1.29, 1.82) is 0 Å².